The van der Waals surface area contributed by atoms with Crippen molar-refractivity contribution in [1.29, 1.82) is 0 Å². The molecule has 0 aliphatic carbocycles. The van der Waals surface area contributed by atoms with Crippen molar-refractivity contribution in [2.45, 2.75) is 50.1 Å². The minimum Gasteiger partial charge on any atom is -0.481 e. The van der Waals surface area contributed by atoms with Gasteiger partial charge in [-0.15, -0.1) is 0 Å². The Morgan fingerprint density at radius 1 is 0.862 bits per heavy atom. The molecule has 15 heteroatoms. The summed E-state index contributed by atoms with van der Waals surface area (Å²) in [5, 5.41) is 8.44. The molecule has 170 valence electrons. The van der Waals surface area contributed by atoms with Gasteiger partial charge in [0, 0.05) is 13.0 Å². The third-order valence-corrected chi connectivity index (χ3v) is 2.94. The molecule has 0 radical (unpaired) electrons. The van der Waals surface area contributed by atoms with Gasteiger partial charge in [0.05, 0.1) is 6.42 Å². The molecule has 1 N–H and O–H groups in total. The highest BCUT2D eigenvalue weighted by Gasteiger charge is 2.44. The summed E-state index contributed by atoms with van der Waals surface area (Å²) in [6, 6.07) is 0. The Kier molecular flexibility index (Phi) is 10.8. The molecule has 0 rings (SSSR count). The molecule has 0 amide bonds. The summed E-state index contributed by atoms with van der Waals surface area (Å²) in [5.74, 6) is -14.2. The van der Waals surface area contributed by atoms with E-state index < -0.39 is 81.4 Å². The van der Waals surface area contributed by atoms with E-state index in [4.69, 9.17) is 9.84 Å². The minimum absolute atomic E-state index is 0.245. The van der Waals surface area contributed by atoms with E-state index in [-0.39, 0.29) is 6.42 Å². The monoisotopic (exact) mass is 448 g/mol. The van der Waals surface area contributed by atoms with Crippen LogP contribution in [0.4, 0.5) is 35.1 Å². The van der Waals surface area contributed by atoms with E-state index in [1.807, 2.05) is 0 Å². The number of halogens is 8. The van der Waals surface area contributed by atoms with E-state index in [1.54, 1.807) is 0 Å². The molecule has 7 nitrogen and oxygen atoms in total. The molecular formula is C14H16F8O7. The fourth-order valence-electron chi connectivity index (χ4n) is 1.43. The molecule has 0 heterocycles. The molecule has 0 aliphatic rings. The first-order valence-corrected chi connectivity index (χ1v) is 7.66. The maximum Gasteiger partial charge on any atom is 0.340 e. The number of esters is 2. The van der Waals surface area contributed by atoms with Gasteiger partial charge in [-0.05, 0) is 6.42 Å². The van der Waals surface area contributed by atoms with Gasteiger partial charge in [-0.25, -0.2) is 22.4 Å². The topological polar surface area (TPSA) is 99.1 Å². The predicted octanol–water partition coefficient (Wildman–Crippen LogP) is 2.51. The molecule has 0 saturated heterocycles. The molecule has 1 atom stereocenters. The summed E-state index contributed by atoms with van der Waals surface area (Å²) >= 11 is 0. The number of carbonyl (C=O) groups is 3. The van der Waals surface area contributed by atoms with Crippen molar-refractivity contribution in [1.82, 2.24) is 0 Å². The first-order valence-electron chi connectivity index (χ1n) is 7.66. The van der Waals surface area contributed by atoms with Crippen LogP contribution in [0.2, 0.25) is 0 Å². The highest BCUT2D eigenvalue weighted by Crippen LogP contribution is 2.24. The quantitative estimate of drug-likeness (QED) is 0.248. The summed E-state index contributed by atoms with van der Waals surface area (Å²) in [5.41, 5.74) is 0. The highest BCUT2D eigenvalue weighted by atomic mass is 19.3. The third-order valence-electron chi connectivity index (χ3n) is 2.94. The van der Waals surface area contributed by atoms with Gasteiger partial charge < -0.3 is 19.3 Å². The Bertz CT molecular complexity index is 556. The highest BCUT2D eigenvalue weighted by molar-refractivity contribution is 5.81. The van der Waals surface area contributed by atoms with Crippen molar-refractivity contribution in [3.8, 4) is 0 Å². The van der Waals surface area contributed by atoms with Crippen LogP contribution in [0, 0.1) is 0 Å². The number of carbonyl (C=O) groups excluding carboxylic acids is 2. The maximum atomic E-state index is 12.8. The van der Waals surface area contributed by atoms with E-state index in [2.05, 4.69) is 9.47 Å². The molecule has 0 aromatic heterocycles. The zero-order chi connectivity index (χ0) is 22.8. The molecule has 0 spiro atoms. The van der Waals surface area contributed by atoms with Crippen molar-refractivity contribution in [3.05, 3.63) is 0 Å². The Morgan fingerprint density at radius 3 is 1.79 bits per heavy atom. The average Bonchev–Trinajstić information content (AvgIpc) is 2.60. The van der Waals surface area contributed by atoms with Gasteiger partial charge >= 0.3 is 42.6 Å². The van der Waals surface area contributed by atoms with E-state index in [1.165, 1.54) is 0 Å². The van der Waals surface area contributed by atoms with Gasteiger partial charge in [-0.3, -0.25) is 9.59 Å². The van der Waals surface area contributed by atoms with E-state index in [9.17, 15) is 49.5 Å². The fourth-order valence-corrected chi connectivity index (χ4v) is 1.43. The van der Waals surface area contributed by atoms with Crippen molar-refractivity contribution >= 4 is 17.9 Å². The number of hydrogen-bond acceptors (Lipinski definition) is 6. The third kappa shape index (κ3) is 10.8. The van der Waals surface area contributed by atoms with Crippen molar-refractivity contribution in [2.75, 3.05) is 19.8 Å². The van der Waals surface area contributed by atoms with Crippen LogP contribution in [-0.2, 0) is 28.6 Å². The van der Waals surface area contributed by atoms with Crippen LogP contribution >= 0.6 is 0 Å². The smallest absolute Gasteiger partial charge is 0.340 e. The van der Waals surface area contributed by atoms with E-state index >= 15 is 0 Å². The van der Waals surface area contributed by atoms with Gasteiger partial charge in [-0.1, -0.05) is 0 Å². The van der Waals surface area contributed by atoms with Gasteiger partial charge in [0.25, 0.3) is 0 Å². The number of carboxylic acids is 1. The second-order valence-corrected chi connectivity index (χ2v) is 5.45. The first kappa shape index (κ1) is 26.8. The number of alkyl halides is 8. The lowest BCUT2D eigenvalue weighted by Gasteiger charge is -2.20. The molecule has 0 saturated carbocycles. The number of aliphatic carboxylic acids is 1. The molecule has 29 heavy (non-hydrogen) atoms. The lowest BCUT2D eigenvalue weighted by molar-refractivity contribution is -0.192. The van der Waals surface area contributed by atoms with Crippen LogP contribution in [0.3, 0.4) is 0 Å². The largest absolute Gasteiger partial charge is 0.481 e. The van der Waals surface area contributed by atoms with Gasteiger partial charge in [0.2, 0.25) is 0 Å². The van der Waals surface area contributed by atoms with Crippen molar-refractivity contribution < 1.29 is 68.8 Å². The fraction of sp³-hybridized carbons (Fsp3) is 0.786. The van der Waals surface area contributed by atoms with E-state index in [0.717, 1.165) is 0 Å². The second kappa shape index (κ2) is 11.7. The van der Waals surface area contributed by atoms with Crippen molar-refractivity contribution in [2.24, 2.45) is 0 Å². The van der Waals surface area contributed by atoms with Crippen LogP contribution in [-0.4, -0.2) is 73.6 Å². The van der Waals surface area contributed by atoms with Crippen LogP contribution in [0.15, 0.2) is 0 Å². The summed E-state index contributed by atoms with van der Waals surface area (Å²) in [4.78, 5) is 33.5. The Hall–Kier alpha value is -2.19. The maximum absolute atomic E-state index is 12.8. The molecule has 0 bridgehead atoms. The van der Waals surface area contributed by atoms with Crippen LogP contribution in [0.25, 0.3) is 0 Å². The number of ether oxygens (including phenoxy) is 3. The second-order valence-electron chi connectivity index (χ2n) is 5.45. The summed E-state index contributed by atoms with van der Waals surface area (Å²) in [7, 11) is 0. The summed E-state index contributed by atoms with van der Waals surface area (Å²) < 4.78 is 111. The van der Waals surface area contributed by atoms with Crippen LogP contribution < -0.4 is 0 Å². The normalized spacial score (nSPS) is 13.4. The lowest BCUT2D eigenvalue weighted by atomic mass is 10.2. The van der Waals surface area contributed by atoms with E-state index in [0.29, 0.717) is 0 Å². The SMILES string of the molecule is O=C(O)CCCOC(CC(=O)OCC(F)(F)C(F)F)C(=O)OCC(F)(F)C(F)F. The zero-order valence-corrected chi connectivity index (χ0v) is 14.4. The molecule has 0 aliphatic heterocycles. The predicted molar refractivity (Wildman–Crippen MR) is 75.0 cm³/mol. The van der Waals surface area contributed by atoms with Gasteiger partial charge in [0.15, 0.2) is 19.3 Å². The number of hydrogen-bond donors (Lipinski definition) is 1. The number of rotatable bonds is 14. The minimum atomic E-state index is -4.73. The lowest BCUT2D eigenvalue weighted by Crippen LogP contribution is -2.38. The molecule has 0 aromatic carbocycles. The average molecular weight is 448 g/mol. The van der Waals surface area contributed by atoms with Crippen LogP contribution in [0.1, 0.15) is 19.3 Å². The molecular weight excluding hydrogens is 432 g/mol. The first-order chi connectivity index (χ1) is 13.2. The van der Waals surface area contributed by atoms with Crippen LogP contribution in [0.5, 0.6) is 0 Å². The Morgan fingerprint density at radius 2 is 1.34 bits per heavy atom. The summed E-state index contributed by atoms with van der Waals surface area (Å²) in [6.45, 7) is -4.72. The van der Waals surface area contributed by atoms with Crippen molar-refractivity contribution in [3.63, 3.8) is 0 Å². The Labute approximate surface area is 157 Å². The van der Waals surface area contributed by atoms with Gasteiger partial charge in [-0.2, -0.15) is 17.6 Å². The standard InChI is InChI=1S/C14H16F8O7/c15-11(16)13(19,20)5-28-9(25)4-7(27-3-1-2-8(23)24)10(26)29-6-14(21,22)12(17)18/h7,11-12H,1-6H2,(H,23,24). The number of carboxylic acid groups (broad SMARTS) is 1. The molecule has 0 fully saturated rings. The Balaban J connectivity index is 4.88. The molecule has 0 aromatic rings. The van der Waals surface area contributed by atoms with Gasteiger partial charge in [0.1, 0.15) is 0 Å². The molecule has 1 unspecified atom stereocenters. The summed E-state index contributed by atoms with van der Waals surface area (Å²) in [6.07, 6.45) is -12.5. The zero-order valence-electron chi connectivity index (χ0n) is 14.4.